The number of aromatic nitrogens is 1. The summed E-state index contributed by atoms with van der Waals surface area (Å²) in [5.74, 6) is 0. The van der Waals surface area contributed by atoms with E-state index in [0.717, 1.165) is 10.5 Å². The van der Waals surface area contributed by atoms with Gasteiger partial charge < -0.3 is 5.32 Å². The highest BCUT2D eigenvalue weighted by Crippen LogP contribution is 2.28. The zero-order valence-corrected chi connectivity index (χ0v) is 12.6. The van der Waals surface area contributed by atoms with E-state index in [4.69, 9.17) is 4.98 Å². The average Bonchev–Trinajstić information content (AvgIpc) is 3.07. The number of hydrogen-bond acceptors (Lipinski definition) is 4. The van der Waals surface area contributed by atoms with Crippen LogP contribution in [-0.4, -0.2) is 4.98 Å². The van der Waals surface area contributed by atoms with Crippen LogP contribution in [0, 0.1) is 0 Å². The topological polar surface area (TPSA) is 24.9 Å². The Kier molecular flexibility index (Phi) is 3.64. The molecule has 1 aromatic carbocycles. The first-order valence-corrected chi connectivity index (χ1v) is 8.08. The molecular formula is C15H16N2S2. The molecule has 0 spiro atoms. The lowest BCUT2D eigenvalue weighted by Gasteiger charge is -2.17. The van der Waals surface area contributed by atoms with Crippen LogP contribution in [0.15, 0.2) is 41.8 Å². The molecular weight excluding hydrogens is 272 g/mol. The maximum absolute atomic E-state index is 4.71. The summed E-state index contributed by atoms with van der Waals surface area (Å²) in [4.78, 5) is 6.07. The Bertz CT molecular complexity index is 625. The Morgan fingerprint density at radius 1 is 1.05 bits per heavy atom. The fourth-order valence-corrected chi connectivity index (χ4v) is 3.86. The van der Waals surface area contributed by atoms with Crippen molar-refractivity contribution in [1.82, 2.24) is 10.3 Å². The summed E-state index contributed by atoms with van der Waals surface area (Å²) in [6.45, 7) is 4.39. The quantitative estimate of drug-likeness (QED) is 0.748. The number of nitrogens with zero attached hydrogens (tertiary/aromatic N) is 1. The molecule has 0 saturated heterocycles. The number of thiazole rings is 1. The molecule has 19 heavy (non-hydrogen) atoms. The highest BCUT2D eigenvalue weighted by Gasteiger charge is 2.15. The minimum absolute atomic E-state index is 0.273. The number of fused-ring (bicyclic) bond motifs is 1. The maximum Gasteiger partial charge on any atom is 0.111 e. The molecule has 2 atom stereocenters. The van der Waals surface area contributed by atoms with E-state index in [1.165, 1.54) is 9.58 Å². The molecule has 3 rings (SSSR count). The van der Waals surface area contributed by atoms with Gasteiger partial charge in [-0.15, -0.1) is 22.7 Å². The van der Waals surface area contributed by atoms with Crippen molar-refractivity contribution >= 4 is 32.9 Å². The van der Waals surface area contributed by atoms with Crippen LogP contribution < -0.4 is 5.32 Å². The van der Waals surface area contributed by atoms with Gasteiger partial charge in [0, 0.05) is 10.9 Å². The van der Waals surface area contributed by atoms with Crippen molar-refractivity contribution < 1.29 is 0 Å². The number of nitrogens with one attached hydrogen (secondary N) is 1. The Hall–Kier alpha value is -1.23. The number of rotatable bonds is 4. The van der Waals surface area contributed by atoms with E-state index >= 15 is 0 Å². The lowest BCUT2D eigenvalue weighted by Crippen LogP contribution is -2.21. The summed E-state index contributed by atoms with van der Waals surface area (Å²) in [6, 6.07) is 13.2. The Balaban J connectivity index is 1.78. The van der Waals surface area contributed by atoms with Crippen molar-refractivity contribution in [2.45, 2.75) is 25.9 Å². The summed E-state index contributed by atoms with van der Waals surface area (Å²) < 4.78 is 1.26. The van der Waals surface area contributed by atoms with Crippen molar-refractivity contribution in [3.8, 4) is 0 Å². The van der Waals surface area contributed by atoms with Crippen LogP contribution in [-0.2, 0) is 0 Å². The van der Waals surface area contributed by atoms with Gasteiger partial charge in [-0.2, -0.15) is 0 Å². The normalized spacial score (nSPS) is 14.6. The van der Waals surface area contributed by atoms with E-state index in [0.29, 0.717) is 6.04 Å². The molecule has 0 bridgehead atoms. The highest BCUT2D eigenvalue weighted by molar-refractivity contribution is 7.18. The summed E-state index contributed by atoms with van der Waals surface area (Å²) in [7, 11) is 0. The van der Waals surface area contributed by atoms with Crippen LogP contribution in [0.25, 0.3) is 10.2 Å². The van der Waals surface area contributed by atoms with Gasteiger partial charge >= 0.3 is 0 Å². The smallest absolute Gasteiger partial charge is 0.111 e. The zero-order valence-electron chi connectivity index (χ0n) is 11.0. The van der Waals surface area contributed by atoms with Crippen molar-refractivity contribution in [2.24, 2.45) is 0 Å². The Morgan fingerprint density at radius 3 is 2.63 bits per heavy atom. The molecule has 0 saturated carbocycles. The maximum atomic E-state index is 4.71. The molecule has 0 aliphatic heterocycles. The predicted octanol–water partition coefficient (Wildman–Crippen LogP) is 4.77. The van der Waals surface area contributed by atoms with Crippen LogP contribution in [0.2, 0.25) is 0 Å². The van der Waals surface area contributed by atoms with Gasteiger partial charge in [-0.3, -0.25) is 0 Å². The first-order valence-electron chi connectivity index (χ1n) is 6.39. The average molecular weight is 288 g/mol. The molecule has 0 radical (unpaired) electrons. The number of benzene rings is 1. The molecule has 4 heteroatoms. The van der Waals surface area contributed by atoms with Gasteiger partial charge in [0.05, 0.1) is 16.3 Å². The molecule has 2 aromatic heterocycles. The minimum Gasteiger partial charge on any atom is -0.301 e. The van der Waals surface area contributed by atoms with Gasteiger partial charge in [0.25, 0.3) is 0 Å². The van der Waals surface area contributed by atoms with Crippen LogP contribution in [0.3, 0.4) is 0 Å². The lowest BCUT2D eigenvalue weighted by molar-refractivity contribution is 0.499. The second-order valence-electron chi connectivity index (χ2n) is 4.65. The second-order valence-corrected chi connectivity index (χ2v) is 6.69. The molecule has 2 heterocycles. The summed E-state index contributed by atoms with van der Waals surface area (Å²) in [6.07, 6.45) is 0. The van der Waals surface area contributed by atoms with Crippen molar-refractivity contribution in [1.29, 1.82) is 0 Å². The third-order valence-electron chi connectivity index (χ3n) is 3.15. The molecule has 0 fully saturated rings. The fourth-order valence-electron chi connectivity index (χ4n) is 2.14. The zero-order chi connectivity index (χ0) is 13.2. The molecule has 2 nitrogen and oxygen atoms in total. The molecule has 0 amide bonds. The van der Waals surface area contributed by atoms with Gasteiger partial charge in [0.1, 0.15) is 5.01 Å². The van der Waals surface area contributed by atoms with Gasteiger partial charge in [-0.05, 0) is 37.4 Å². The predicted molar refractivity (Wildman–Crippen MR) is 83.9 cm³/mol. The van der Waals surface area contributed by atoms with E-state index in [2.05, 4.69) is 54.9 Å². The lowest BCUT2D eigenvalue weighted by atomic mass is 10.2. The SMILES string of the molecule is CC(N[C@H](C)c1cccs1)c1nc2ccccc2s1. The van der Waals surface area contributed by atoms with Crippen LogP contribution >= 0.6 is 22.7 Å². The van der Waals surface area contributed by atoms with E-state index < -0.39 is 0 Å². The van der Waals surface area contributed by atoms with E-state index in [9.17, 15) is 0 Å². The summed E-state index contributed by atoms with van der Waals surface area (Å²) in [5, 5.41) is 6.90. The molecule has 1 unspecified atom stereocenters. The van der Waals surface area contributed by atoms with Crippen LogP contribution in [0.4, 0.5) is 0 Å². The van der Waals surface area contributed by atoms with Crippen LogP contribution in [0.5, 0.6) is 0 Å². The largest absolute Gasteiger partial charge is 0.301 e. The molecule has 0 aliphatic carbocycles. The van der Waals surface area contributed by atoms with E-state index in [-0.39, 0.29) is 6.04 Å². The third-order valence-corrected chi connectivity index (χ3v) is 5.42. The monoisotopic (exact) mass is 288 g/mol. The molecule has 98 valence electrons. The van der Waals surface area contributed by atoms with Crippen LogP contribution in [0.1, 0.15) is 35.8 Å². The van der Waals surface area contributed by atoms with Crippen molar-refractivity contribution in [3.05, 3.63) is 51.7 Å². The standard InChI is InChI=1S/C15H16N2S2/c1-10(13-8-5-9-18-13)16-11(2)15-17-12-6-3-4-7-14(12)19-15/h3-11,16H,1-2H3/t10-,11?/m1/s1. The van der Waals surface area contributed by atoms with Gasteiger partial charge in [0.2, 0.25) is 0 Å². The Morgan fingerprint density at radius 2 is 1.89 bits per heavy atom. The molecule has 1 N–H and O–H groups in total. The first-order chi connectivity index (χ1) is 9.24. The minimum atomic E-state index is 0.273. The number of para-hydroxylation sites is 1. The second kappa shape index (κ2) is 5.41. The van der Waals surface area contributed by atoms with E-state index in [1.54, 1.807) is 22.7 Å². The summed E-state index contributed by atoms with van der Waals surface area (Å²) in [5.41, 5.74) is 1.10. The highest BCUT2D eigenvalue weighted by atomic mass is 32.1. The van der Waals surface area contributed by atoms with Gasteiger partial charge in [0.15, 0.2) is 0 Å². The van der Waals surface area contributed by atoms with Crippen molar-refractivity contribution in [2.75, 3.05) is 0 Å². The van der Waals surface area contributed by atoms with Gasteiger partial charge in [-0.1, -0.05) is 18.2 Å². The number of hydrogen-bond donors (Lipinski definition) is 1. The third kappa shape index (κ3) is 2.71. The van der Waals surface area contributed by atoms with Crippen molar-refractivity contribution in [3.63, 3.8) is 0 Å². The molecule has 3 aromatic rings. The first kappa shape index (κ1) is 12.8. The summed E-state index contributed by atoms with van der Waals surface area (Å²) >= 11 is 3.57. The fraction of sp³-hybridized carbons (Fsp3) is 0.267. The van der Waals surface area contributed by atoms with Gasteiger partial charge in [-0.25, -0.2) is 4.98 Å². The molecule has 0 aliphatic rings. The Labute approximate surface area is 121 Å². The number of thiophene rings is 1. The van der Waals surface area contributed by atoms with E-state index in [1.807, 2.05) is 6.07 Å².